The lowest BCUT2D eigenvalue weighted by Gasteiger charge is -2.15. The summed E-state index contributed by atoms with van der Waals surface area (Å²) in [6.07, 6.45) is 0.0503. The number of anilines is 1. The van der Waals surface area contributed by atoms with Crippen LogP contribution >= 0.6 is 37.1 Å². The average molecular weight is 593 g/mol. The van der Waals surface area contributed by atoms with Crippen molar-refractivity contribution in [2.75, 3.05) is 19.0 Å². The zero-order valence-corrected chi connectivity index (χ0v) is 21.3. The third-order valence-corrected chi connectivity index (χ3v) is 7.11. The van der Waals surface area contributed by atoms with Gasteiger partial charge in [0.1, 0.15) is 0 Å². The number of rotatable bonds is 7. The monoisotopic (exact) mass is 592 g/mol. The van der Waals surface area contributed by atoms with Gasteiger partial charge in [0.25, 0.3) is 0 Å². The molecule has 0 saturated heterocycles. The van der Waals surface area contributed by atoms with E-state index in [-0.39, 0.29) is 11.5 Å². The molecule has 10 heteroatoms. The second-order valence-corrected chi connectivity index (χ2v) is 12.7. The molecule has 0 saturated carbocycles. The minimum Gasteiger partial charge on any atom is -0.449 e. The van der Waals surface area contributed by atoms with Crippen molar-refractivity contribution in [2.24, 2.45) is 0 Å². The Bertz CT molecular complexity index is 992. The summed E-state index contributed by atoms with van der Waals surface area (Å²) >= 11 is 4.90. The molecular formula is C19H23BBrIN2O4S. The molecule has 1 N–H and O–H groups in total. The number of nitrogens with zero attached hydrogens (tertiary/aromatic N) is 1. The first kappa shape index (κ1) is 24.2. The van der Waals surface area contributed by atoms with Gasteiger partial charge in [0.2, 0.25) is 7.01 Å². The standard InChI is InChI=1S/C19H23BBrIN2O4S/c1-12-8-15(21)9-13(2)17(12)6-7-28-19(25)23-16-4-5-18(29(22,26)27)14(10-16)11-24(3)20/h4-5,8-10H,6-7,11,20H2,1-3H3,(H,23,25). The molecule has 0 heterocycles. The van der Waals surface area contributed by atoms with Crippen molar-refractivity contribution in [1.29, 1.82) is 0 Å². The lowest BCUT2D eigenvalue weighted by Crippen LogP contribution is -2.18. The van der Waals surface area contributed by atoms with Gasteiger partial charge in [-0.3, -0.25) is 5.32 Å². The molecule has 2 aromatic carbocycles. The van der Waals surface area contributed by atoms with Crippen molar-refractivity contribution in [1.82, 2.24) is 4.81 Å². The topological polar surface area (TPSA) is 75.7 Å². The largest absolute Gasteiger partial charge is 0.449 e. The van der Waals surface area contributed by atoms with Crippen LogP contribution in [0.1, 0.15) is 22.3 Å². The molecule has 2 aromatic rings. The van der Waals surface area contributed by atoms with Crippen LogP contribution in [0.3, 0.4) is 0 Å². The van der Waals surface area contributed by atoms with E-state index in [0.29, 0.717) is 24.2 Å². The van der Waals surface area contributed by atoms with Crippen LogP contribution in [-0.4, -0.2) is 41.0 Å². The molecule has 0 radical (unpaired) electrons. The van der Waals surface area contributed by atoms with Gasteiger partial charge in [0.05, 0.1) is 32.7 Å². The van der Waals surface area contributed by atoms with E-state index in [2.05, 4.69) is 21.2 Å². The Hall–Kier alpha value is -1.11. The molecule has 0 spiro atoms. The Balaban J connectivity index is 2.03. The molecule has 1 amide bonds. The van der Waals surface area contributed by atoms with E-state index in [9.17, 15) is 13.2 Å². The van der Waals surface area contributed by atoms with Gasteiger partial charge in [-0.05, 0) is 73.5 Å². The first-order valence-corrected chi connectivity index (χ1v) is 13.7. The molecule has 0 aliphatic rings. The Morgan fingerprint density at radius 2 is 1.86 bits per heavy atom. The summed E-state index contributed by atoms with van der Waals surface area (Å²) in [5, 5.41) is 2.67. The van der Waals surface area contributed by atoms with E-state index in [1.165, 1.54) is 27.3 Å². The summed E-state index contributed by atoms with van der Waals surface area (Å²) < 4.78 is 30.3. The SMILES string of the molecule is BN(C)Cc1cc(NC(=O)OCCc2c(C)cc(Br)cc2C)ccc1S(=O)(=O)I. The first-order chi connectivity index (χ1) is 13.5. The maximum absolute atomic E-state index is 12.2. The highest BCUT2D eigenvalue weighted by molar-refractivity contribution is 14.2. The fourth-order valence-electron chi connectivity index (χ4n) is 3.09. The summed E-state index contributed by atoms with van der Waals surface area (Å²) in [5.74, 6) is 0. The van der Waals surface area contributed by atoms with Crippen LogP contribution < -0.4 is 5.32 Å². The number of amides is 1. The van der Waals surface area contributed by atoms with Crippen molar-refractivity contribution in [3.63, 3.8) is 0 Å². The maximum Gasteiger partial charge on any atom is 0.411 e. The number of carbonyl (C=O) groups excluding carboxylic acids is 1. The number of carbonyl (C=O) groups is 1. The van der Waals surface area contributed by atoms with E-state index in [0.717, 1.165) is 21.2 Å². The lowest BCUT2D eigenvalue weighted by molar-refractivity contribution is 0.163. The molecule has 2 rings (SSSR count). The number of aryl methyl sites for hydroxylation is 2. The minimum atomic E-state index is -3.38. The molecule has 6 nitrogen and oxygen atoms in total. The Morgan fingerprint density at radius 1 is 1.24 bits per heavy atom. The number of halogens is 2. The lowest BCUT2D eigenvalue weighted by atomic mass is 10.0. The van der Waals surface area contributed by atoms with Gasteiger partial charge in [-0.15, -0.1) is 0 Å². The third-order valence-electron chi connectivity index (χ3n) is 4.30. The van der Waals surface area contributed by atoms with Gasteiger partial charge in [-0.2, -0.15) is 0 Å². The smallest absolute Gasteiger partial charge is 0.411 e. The number of nitrogens with one attached hydrogen (secondary N) is 1. The van der Waals surface area contributed by atoms with Gasteiger partial charge in [0.15, 0.2) is 7.98 Å². The van der Waals surface area contributed by atoms with Crippen LogP contribution in [0, 0.1) is 13.8 Å². The van der Waals surface area contributed by atoms with Crippen molar-refractivity contribution in [2.45, 2.75) is 31.7 Å². The van der Waals surface area contributed by atoms with Crippen LogP contribution in [0.2, 0.25) is 0 Å². The molecule has 29 heavy (non-hydrogen) atoms. The van der Waals surface area contributed by atoms with Crippen LogP contribution in [0.5, 0.6) is 0 Å². The average Bonchev–Trinajstić information content (AvgIpc) is 2.55. The normalized spacial score (nSPS) is 11.5. The maximum atomic E-state index is 12.2. The van der Waals surface area contributed by atoms with Gasteiger partial charge in [0, 0.05) is 23.1 Å². The summed E-state index contributed by atoms with van der Waals surface area (Å²) in [7, 11) is 0.318. The number of hydrogen-bond donors (Lipinski definition) is 1. The van der Waals surface area contributed by atoms with E-state index < -0.39 is 13.1 Å². The highest BCUT2D eigenvalue weighted by atomic mass is 127. The van der Waals surface area contributed by atoms with Gasteiger partial charge in [-0.25, -0.2) is 13.2 Å². The molecule has 0 aliphatic carbocycles. The van der Waals surface area contributed by atoms with Crippen molar-refractivity contribution in [3.8, 4) is 0 Å². The summed E-state index contributed by atoms with van der Waals surface area (Å²) in [6.45, 7) is 4.74. The molecule has 0 fully saturated rings. The fraction of sp³-hybridized carbons (Fsp3) is 0.316. The second kappa shape index (κ2) is 10.3. The van der Waals surface area contributed by atoms with Gasteiger partial charge in [-0.1, -0.05) is 15.9 Å². The third kappa shape index (κ3) is 7.27. The molecule has 156 valence electrons. The quantitative estimate of drug-likeness (QED) is 0.299. The van der Waals surface area contributed by atoms with E-state index in [1.54, 1.807) is 12.1 Å². The summed E-state index contributed by atoms with van der Waals surface area (Å²) in [5.41, 5.74) is 4.55. The minimum absolute atomic E-state index is 0.243. The molecule has 0 unspecified atom stereocenters. The molecular weight excluding hydrogens is 570 g/mol. The second-order valence-electron chi connectivity index (χ2n) is 7.03. The van der Waals surface area contributed by atoms with E-state index in [4.69, 9.17) is 4.74 Å². The van der Waals surface area contributed by atoms with Gasteiger partial charge < -0.3 is 9.55 Å². The molecule has 0 aliphatic heterocycles. The van der Waals surface area contributed by atoms with Crippen molar-refractivity contribution in [3.05, 3.63) is 57.1 Å². The van der Waals surface area contributed by atoms with Crippen LogP contribution in [0.25, 0.3) is 0 Å². The van der Waals surface area contributed by atoms with Crippen LogP contribution in [0.4, 0.5) is 10.5 Å². The van der Waals surface area contributed by atoms with E-state index in [1.807, 2.05) is 45.8 Å². The van der Waals surface area contributed by atoms with Crippen molar-refractivity contribution < 1.29 is 17.9 Å². The Labute approximate surface area is 193 Å². The number of benzene rings is 2. The van der Waals surface area contributed by atoms with Crippen LogP contribution in [-0.2, 0) is 24.7 Å². The van der Waals surface area contributed by atoms with Crippen molar-refractivity contribution >= 4 is 63.9 Å². The summed E-state index contributed by atoms with van der Waals surface area (Å²) in [4.78, 5) is 14.3. The first-order valence-electron chi connectivity index (χ1n) is 8.89. The molecule has 0 bridgehead atoms. The van der Waals surface area contributed by atoms with Crippen LogP contribution in [0.15, 0.2) is 39.7 Å². The highest BCUT2D eigenvalue weighted by Crippen LogP contribution is 2.26. The number of ether oxygens (including phenoxy) is 1. The highest BCUT2D eigenvalue weighted by Gasteiger charge is 2.17. The summed E-state index contributed by atoms with van der Waals surface area (Å²) in [6, 6.07) is 8.81. The number of hydrogen-bond acceptors (Lipinski definition) is 5. The fourth-order valence-corrected chi connectivity index (χ4v) is 5.74. The predicted molar refractivity (Wildman–Crippen MR) is 130 cm³/mol. The molecule has 0 atom stereocenters. The zero-order chi connectivity index (χ0) is 21.8. The molecule has 0 aromatic heterocycles. The zero-order valence-electron chi connectivity index (χ0n) is 16.8. The predicted octanol–water partition coefficient (Wildman–Crippen LogP) is 3.96. The Kier molecular flexibility index (Phi) is 8.56. The van der Waals surface area contributed by atoms with E-state index >= 15 is 0 Å². The van der Waals surface area contributed by atoms with Gasteiger partial charge >= 0.3 is 6.09 Å². The Morgan fingerprint density at radius 3 is 2.41 bits per heavy atom.